The SMILES string of the molecule is CCOC(=O)C1CCN(c2cccn3nc(C)nc23)CC1. The number of rotatable bonds is 3. The lowest BCUT2D eigenvalue weighted by atomic mass is 9.97. The molecule has 0 spiro atoms. The summed E-state index contributed by atoms with van der Waals surface area (Å²) in [5, 5.41) is 4.34. The van der Waals surface area contributed by atoms with Crippen molar-refractivity contribution in [3.8, 4) is 0 Å². The molecule has 6 nitrogen and oxygen atoms in total. The van der Waals surface area contributed by atoms with Gasteiger partial charge >= 0.3 is 5.97 Å². The van der Waals surface area contributed by atoms with Crippen molar-refractivity contribution >= 4 is 17.3 Å². The van der Waals surface area contributed by atoms with E-state index in [9.17, 15) is 4.79 Å². The summed E-state index contributed by atoms with van der Waals surface area (Å²) in [4.78, 5) is 18.6. The molecule has 2 aromatic rings. The number of piperidine rings is 1. The van der Waals surface area contributed by atoms with Crippen LogP contribution in [0.2, 0.25) is 0 Å². The Balaban J connectivity index is 1.75. The van der Waals surface area contributed by atoms with E-state index in [0.29, 0.717) is 6.61 Å². The molecule has 1 saturated heterocycles. The number of carbonyl (C=O) groups excluding carboxylic acids is 1. The normalized spacial score (nSPS) is 16.4. The van der Waals surface area contributed by atoms with Gasteiger partial charge in [0, 0.05) is 19.3 Å². The number of anilines is 1. The first-order valence-corrected chi connectivity index (χ1v) is 7.42. The van der Waals surface area contributed by atoms with Crippen LogP contribution < -0.4 is 4.90 Å². The Morgan fingerprint density at radius 3 is 2.90 bits per heavy atom. The minimum atomic E-state index is -0.0614. The van der Waals surface area contributed by atoms with Gasteiger partial charge in [-0.25, -0.2) is 9.50 Å². The highest BCUT2D eigenvalue weighted by molar-refractivity contribution is 5.74. The van der Waals surface area contributed by atoms with Gasteiger partial charge in [0.2, 0.25) is 0 Å². The van der Waals surface area contributed by atoms with E-state index in [1.807, 2.05) is 30.6 Å². The number of aromatic nitrogens is 3. The number of hydrogen-bond acceptors (Lipinski definition) is 5. The van der Waals surface area contributed by atoms with Crippen LogP contribution in [0.15, 0.2) is 18.3 Å². The fourth-order valence-electron chi connectivity index (χ4n) is 2.86. The number of esters is 1. The van der Waals surface area contributed by atoms with Crippen LogP contribution in [0.1, 0.15) is 25.6 Å². The summed E-state index contributed by atoms with van der Waals surface area (Å²) in [5.41, 5.74) is 1.96. The second-order valence-electron chi connectivity index (χ2n) is 5.33. The maximum Gasteiger partial charge on any atom is 0.309 e. The monoisotopic (exact) mass is 288 g/mol. The largest absolute Gasteiger partial charge is 0.466 e. The molecule has 1 aliphatic rings. The Labute approximate surface area is 123 Å². The van der Waals surface area contributed by atoms with Gasteiger partial charge in [-0.2, -0.15) is 5.10 Å². The highest BCUT2D eigenvalue weighted by atomic mass is 16.5. The molecule has 3 heterocycles. The number of carbonyl (C=O) groups is 1. The third kappa shape index (κ3) is 2.70. The van der Waals surface area contributed by atoms with E-state index < -0.39 is 0 Å². The molecule has 0 N–H and O–H groups in total. The van der Waals surface area contributed by atoms with Crippen molar-refractivity contribution in [2.45, 2.75) is 26.7 Å². The number of aryl methyl sites for hydroxylation is 1. The Morgan fingerprint density at radius 2 is 2.19 bits per heavy atom. The van der Waals surface area contributed by atoms with Gasteiger partial charge < -0.3 is 9.64 Å². The topological polar surface area (TPSA) is 59.7 Å². The van der Waals surface area contributed by atoms with E-state index >= 15 is 0 Å². The average molecular weight is 288 g/mol. The van der Waals surface area contributed by atoms with Crippen LogP contribution >= 0.6 is 0 Å². The van der Waals surface area contributed by atoms with Gasteiger partial charge in [-0.1, -0.05) is 0 Å². The van der Waals surface area contributed by atoms with Crippen LogP contribution in [0, 0.1) is 12.8 Å². The van der Waals surface area contributed by atoms with Crippen molar-refractivity contribution in [2.75, 3.05) is 24.6 Å². The van der Waals surface area contributed by atoms with Crippen molar-refractivity contribution in [1.82, 2.24) is 14.6 Å². The summed E-state index contributed by atoms with van der Waals surface area (Å²) < 4.78 is 6.92. The van der Waals surface area contributed by atoms with Gasteiger partial charge in [0.25, 0.3) is 0 Å². The van der Waals surface area contributed by atoms with Crippen molar-refractivity contribution < 1.29 is 9.53 Å². The molecule has 0 bridgehead atoms. The zero-order valence-corrected chi connectivity index (χ0v) is 12.5. The predicted octanol–water partition coefficient (Wildman–Crippen LogP) is 1.82. The van der Waals surface area contributed by atoms with Gasteiger partial charge in [-0.15, -0.1) is 0 Å². The van der Waals surface area contributed by atoms with E-state index in [0.717, 1.165) is 43.1 Å². The van der Waals surface area contributed by atoms with Gasteiger partial charge in [0.1, 0.15) is 5.82 Å². The smallest absolute Gasteiger partial charge is 0.309 e. The number of ether oxygens (including phenoxy) is 1. The lowest BCUT2D eigenvalue weighted by molar-refractivity contribution is -0.148. The standard InChI is InChI=1S/C15H20N4O2/c1-3-21-15(20)12-6-9-18(10-7-12)13-5-4-8-19-14(13)16-11(2)17-19/h4-5,8,12H,3,6-7,9-10H2,1-2H3. The molecule has 21 heavy (non-hydrogen) atoms. The molecule has 0 saturated carbocycles. The molecule has 6 heteroatoms. The molecule has 1 fully saturated rings. The van der Waals surface area contributed by atoms with Crippen LogP contribution in [0.3, 0.4) is 0 Å². The fourth-order valence-corrected chi connectivity index (χ4v) is 2.86. The molecule has 1 aliphatic heterocycles. The molecule has 0 atom stereocenters. The molecule has 0 aromatic carbocycles. The van der Waals surface area contributed by atoms with Crippen molar-refractivity contribution in [2.24, 2.45) is 5.92 Å². The highest BCUT2D eigenvalue weighted by Gasteiger charge is 2.27. The zero-order chi connectivity index (χ0) is 14.8. The maximum absolute atomic E-state index is 11.8. The van der Waals surface area contributed by atoms with E-state index in [-0.39, 0.29) is 11.9 Å². The molecule has 112 valence electrons. The average Bonchev–Trinajstić information content (AvgIpc) is 2.87. The second kappa shape index (κ2) is 5.71. The van der Waals surface area contributed by atoms with Crippen LogP contribution in [0.25, 0.3) is 5.65 Å². The molecule has 0 unspecified atom stereocenters. The lowest BCUT2D eigenvalue weighted by Gasteiger charge is -2.32. The summed E-state index contributed by atoms with van der Waals surface area (Å²) in [6.45, 7) is 5.88. The van der Waals surface area contributed by atoms with Crippen LogP contribution in [0.4, 0.5) is 5.69 Å². The third-order valence-electron chi connectivity index (χ3n) is 3.90. The third-order valence-corrected chi connectivity index (χ3v) is 3.90. The van der Waals surface area contributed by atoms with Crippen LogP contribution in [0.5, 0.6) is 0 Å². The fraction of sp³-hybridized carbons (Fsp3) is 0.533. The predicted molar refractivity (Wildman–Crippen MR) is 79.3 cm³/mol. The Bertz CT molecular complexity index is 644. The zero-order valence-electron chi connectivity index (χ0n) is 12.5. The molecular formula is C15H20N4O2. The molecular weight excluding hydrogens is 268 g/mol. The summed E-state index contributed by atoms with van der Waals surface area (Å²) in [6, 6.07) is 4.04. The Morgan fingerprint density at radius 1 is 1.43 bits per heavy atom. The first kappa shape index (κ1) is 13.9. The first-order valence-electron chi connectivity index (χ1n) is 7.42. The summed E-state index contributed by atoms with van der Waals surface area (Å²) in [6.07, 6.45) is 3.56. The Hall–Kier alpha value is -2.11. The quantitative estimate of drug-likeness (QED) is 0.806. The minimum Gasteiger partial charge on any atom is -0.466 e. The summed E-state index contributed by atoms with van der Waals surface area (Å²) >= 11 is 0. The van der Waals surface area contributed by atoms with Gasteiger partial charge in [0.05, 0.1) is 18.2 Å². The van der Waals surface area contributed by atoms with E-state index in [2.05, 4.69) is 21.0 Å². The summed E-state index contributed by atoms with van der Waals surface area (Å²) in [5.74, 6) is 0.734. The first-order chi connectivity index (χ1) is 10.2. The summed E-state index contributed by atoms with van der Waals surface area (Å²) in [7, 11) is 0. The van der Waals surface area contributed by atoms with E-state index in [1.165, 1.54) is 0 Å². The maximum atomic E-state index is 11.8. The molecule has 0 radical (unpaired) electrons. The van der Waals surface area contributed by atoms with Crippen molar-refractivity contribution in [3.05, 3.63) is 24.2 Å². The Kier molecular flexibility index (Phi) is 3.77. The molecule has 2 aromatic heterocycles. The molecule has 0 amide bonds. The highest BCUT2D eigenvalue weighted by Crippen LogP contribution is 2.26. The van der Waals surface area contributed by atoms with Gasteiger partial charge in [-0.3, -0.25) is 4.79 Å². The lowest BCUT2D eigenvalue weighted by Crippen LogP contribution is -2.37. The number of pyridine rings is 1. The number of fused-ring (bicyclic) bond motifs is 1. The van der Waals surface area contributed by atoms with Gasteiger partial charge in [-0.05, 0) is 38.8 Å². The molecule has 0 aliphatic carbocycles. The molecule has 3 rings (SSSR count). The van der Waals surface area contributed by atoms with Crippen LogP contribution in [-0.4, -0.2) is 40.3 Å². The van der Waals surface area contributed by atoms with E-state index in [1.54, 1.807) is 0 Å². The van der Waals surface area contributed by atoms with Crippen molar-refractivity contribution in [3.63, 3.8) is 0 Å². The minimum absolute atomic E-state index is 0.0283. The second-order valence-corrected chi connectivity index (χ2v) is 5.33. The van der Waals surface area contributed by atoms with Crippen LogP contribution in [-0.2, 0) is 9.53 Å². The van der Waals surface area contributed by atoms with E-state index in [4.69, 9.17) is 4.74 Å². The van der Waals surface area contributed by atoms with Crippen molar-refractivity contribution in [1.29, 1.82) is 0 Å². The van der Waals surface area contributed by atoms with Gasteiger partial charge in [0.15, 0.2) is 5.65 Å². The number of nitrogens with zero attached hydrogens (tertiary/aromatic N) is 4. The number of hydrogen-bond donors (Lipinski definition) is 0.